The Morgan fingerprint density at radius 2 is 2.19 bits per heavy atom. The monoisotopic (exact) mass is 377 g/mol. The zero-order valence-electron chi connectivity index (χ0n) is 14.8. The number of aromatic nitrogens is 4. The van der Waals surface area contributed by atoms with Gasteiger partial charge < -0.3 is 19.9 Å². The minimum Gasteiger partial charge on any atom is -0.493 e. The van der Waals surface area contributed by atoms with Gasteiger partial charge in [0.2, 0.25) is 5.95 Å². The number of hydrogen-bond acceptors (Lipinski definition) is 10. The van der Waals surface area contributed by atoms with Crippen LogP contribution in [0.4, 0.5) is 5.95 Å². The fourth-order valence-corrected chi connectivity index (χ4v) is 1.90. The van der Waals surface area contributed by atoms with Crippen molar-refractivity contribution >= 4 is 24.0 Å². The van der Waals surface area contributed by atoms with Crippen LogP contribution in [0, 0.1) is 0 Å². The Bertz CT molecular complexity index is 821. The maximum atomic E-state index is 11.7. The van der Waals surface area contributed by atoms with Crippen molar-refractivity contribution in [2.45, 2.75) is 13.5 Å². The third-order valence-corrected chi connectivity index (χ3v) is 3.09. The second kappa shape index (κ2) is 9.70. The van der Waals surface area contributed by atoms with Crippen LogP contribution in [0.25, 0.3) is 0 Å². The summed E-state index contributed by atoms with van der Waals surface area (Å²) < 4.78 is 16.5. The van der Waals surface area contributed by atoms with E-state index in [0.29, 0.717) is 17.1 Å². The van der Waals surface area contributed by atoms with Crippen LogP contribution >= 0.6 is 0 Å². The molecule has 0 fully saturated rings. The molecule has 0 saturated carbocycles. The van der Waals surface area contributed by atoms with Gasteiger partial charge in [-0.1, -0.05) is 5.10 Å². The first-order chi connectivity index (χ1) is 13.0. The van der Waals surface area contributed by atoms with E-state index < -0.39 is 11.9 Å². The molecule has 0 aliphatic rings. The fraction of sp³-hybridized carbons (Fsp3) is 0.333. The largest absolute Gasteiger partial charge is 0.493 e. The van der Waals surface area contributed by atoms with Crippen molar-refractivity contribution in [1.29, 1.82) is 0 Å². The number of esters is 1. The number of amides is 1. The topological polar surface area (TPSA) is 156 Å². The van der Waals surface area contributed by atoms with Gasteiger partial charge in [-0.3, -0.25) is 4.79 Å². The van der Waals surface area contributed by atoms with E-state index in [1.807, 2.05) is 0 Å². The molecule has 1 aromatic heterocycles. The van der Waals surface area contributed by atoms with Gasteiger partial charge in [-0.25, -0.2) is 14.9 Å². The molecule has 0 radical (unpaired) electrons. The number of nitrogen functional groups attached to an aromatic ring is 1. The van der Waals surface area contributed by atoms with Crippen LogP contribution in [0.3, 0.4) is 0 Å². The number of ether oxygens (including phenoxy) is 3. The summed E-state index contributed by atoms with van der Waals surface area (Å²) in [5.74, 6) is -0.128. The van der Waals surface area contributed by atoms with Crippen LogP contribution in [0.1, 0.15) is 12.5 Å². The first kappa shape index (κ1) is 19.6. The van der Waals surface area contributed by atoms with Gasteiger partial charge >= 0.3 is 5.97 Å². The number of tetrazole rings is 1. The molecule has 0 aliphatic carbocycles. The Balaban J connectivity index is 1.92. The average Bonchev–Trinajstić information content (AvgIpc) is 3.05. The Hall–Kier alpha value is -3.70. The van der Waals surface area contributed by atoms with Gasteiger partial charge in [0, 0.05) is 0 Å². The lowest BCUT2D eigenvalue weighted by Gasteiger charge is -2.10. The van der Waals surface area contributed by atoms with E-state index >= 15 is 0 Å². The van der Waals surface area contributed by atoms with Crippen LogP contribution in [0.5, 0.6) is 11.5 Å². The summed E-state index contributed by atoms with van der Waals surface area (Å²) in [6.07, 6.45) is 1.42. The number of hydrazone groups is 1. The van der Waals surface area contributed by atoms with Crippen LogP contribution in [-0.4, -0.2) is 58.6 Å². The van der Waals surface area contributed by atoms with Gasteiger partial charge in [-0.2, -0.15) is 5.10 Å². The first-order valence-corrected chi connectivity index (χ1v) is 7.83. The number of nitrogens with one attached hydrogen (secondary N) is 1. The number of benzene rings is 1. The molecule has 27 heavy (non-hydrogen) atoms. The maximum absolute atomic E-state index is 11.7. The quantitative estimate of drug-likeness (QED) is 0.329. The van der Waals surface area contributed by atoms with E-state index in [1.165, 1.54) is 13.3 Å². The summed E-state index contributed by atoms with van der Waals surface area (Å²) in [7, 11) is 1.46. The molecule has 12 heteroatoms. The van der Waals surface area contributed by atoms with Gasteiger partial charge in [0.05, 0.1) is 19.9 Å². The van der Waals surface area contributed by atoms with Crippen LogP contribution in [0.2, 0.25) is 0 Å². The summed E-state index contributed by atoms with van der Waals surface area (Å²) in [6, 6.07) is 4.93. The van der Waals surface area contributed by atoms with Gasteiger partial charge in [-0.05, 0) is 41.1 Å². The molecule has 0 aliphatic heterocycles. The number of rotatable bonds is 9. The molecule has 0 atom stereocenters. The molecule has 1 aromatic carbocycles. The second-order valence-electron chi connectivity index (χ2n) is 4.99. The number of carbonyl (C=O) groups excluding carboxylic acids is 2. The summed E-state index contributed by atoms with van der Waals surface area (Å²) in [4.78, 5) is 23.1. The lowest BCUT2D eigenvalue weighted by atomic mass is 10.2. The van der Waals surface area contributed by atoms with E-state index in [9.17, 15) is 9.59 Å². The highest BCUT2D eigenvalue weighted by Crippen LogP contribution is 2.27. The number of anilines is 1. The summed E-state index contributed by atoms with van der Waals surface area (Å²) >= 11 is 0. The fourth-order valence-electron chi connectivity index (χ4n) is 1.90. The van der Waals surface area contributed by atoms with E-state index in [0.717, 1.165) is 4.68 Å². The predicted molar refractivity (Wildman–Crippen MR) is 93.1 cm³/mol. The number of hydrogen-bond donors (Lipinski definition) is 2. The SMILES string of the molecule is CCOC(=O)COc1ccc(/C=N\NC(=O)Cn2nnnc2N)cc1OC. The first-order valence-electron chi connectivity index (χ1n) is 7.83. The zero-order chi connectivity index (χ0) is 19.6. The smallest absolute Gasteiger partial charge is 0.344 e. The number of carbonyl (C=O) groups is 2. The molecule has 2 rings (SSSR count). The third-order valence-electron chi connectivity index (χ3n) is 3.09. The van der Waals surface area contributed by atoms with Crippen molar-refractivity contribution in [3.8, 4) is 11.5 Å². The molecule has 3 N–H and O–H groups in total. The number of nitrogens with zero attached hydrogens (tertiary/aromatic N) is 5. The molecule has 0 bridgehead atoms. The Morgan fingerprint density at radius 3 is 2.85 bits per heavy atom. The molecule has 1 amide bonds. The van der Waals surface area contributed by atoms with Crippen molar-refractivity contribution in [1.82, 2.24) is 25.6 Å². The molecule has 0 unspecified atom stereocenters. The summed E-state index contributed by atoms with van der Waals surface area (Å²) in [6.45, 7) is 1.59. The Labute approximate surface area is 154 Å². The van der Waals surface area contributed by atoms with Gasteiger partial charge in [0.15, 0.2) is 18.1 Å². The van der Waals surface area contributed by atoms with Crippen LogP contribution < -0.4 is 20.6 Å². The van der Waals surface area contributed by atoms with Crippen molar-refractivity contribution in [2.24, 2.45) is 5.10 Å². The highest BCUT2D eigenvalue weighted by molar-refractivity contribution is 5.83. The van der Waals surface area contributed by atoms with Crippen molar-refractivity contribution in [3.05, 3.63) is 23.8 Å². The Morgan fingerprint density at radius 1 is 1.37 bits per heavy atom. The van der Waals surface area contributed by atoms with E-state index in [2.05, 4.69) is 26.1 Å². The van der Waals surface area contributed by atoms with Crippen LogP contribution in [-0.2, 0) is 20.9 Å². The third kappa shape index (κ3) is 5.95. The van der Waals surface area contributed by atoms with E-state index in [4.69, 9.17) is 19.9 Å². The van der Waals surface area contributed by atoms with Crippen LogP contribution in [0.15, 0.2) is 23.3 Å². The standard InChI is InChI=1S/C15H19N7O5/c1-3-26-14(24)9-27-11-5-4-10(6-12(11)25-2)7-17-18-13(23)8-22-15(16)19-20-21-22/h4-7H,3,8-9H2,1-2H3,(H,18,23)(H2,16,19,21)/b17-7-. The number of methoxy groups -OCH3 is 1. The average molecular weight is 377 g/mol. The Kier molecular flexibility index (Phi) is 7.05. The number of nitrogens with two attached hydrogens (primary N) is 1. The lowest BCUT2D eigenvalue weighted by Crippen LogP contribution is -2.24. The van der Waals surface area contributed by atoms with Gasteiger partial charge in [0.1, 0.15) is 6.54 Å². The van der Waals surface area contributed by atoms with Crippen molar-refractivity contribution in [3.63, 3.8) is 0 Å². The maximum Gasteiger partial charge on any atom is 0.344 e. The molecule has 144 valence electrons. The zero-order valence-corrected chi connectivity index (χ0v) is 14.8. The van der Waals surface area contributed by atoms with E-state index in [1.54, 1.807) is 25.1 Å². The second-order valence-corrected chi connectivity index (χ2v) is 4.99. The molecule has 1 heterocycles. The predicted octanol–water partition coefficient (Wildman–Crippen LogP) is -0.644. The lowest BCUT2D eigenvalue weighted by molar-refractivity contribution is -0.145. The highest BCUT2D eigenvalue weighted by Gasteiger charge is 2.09. The molecule has 12 nitrogen and oxygen atoms in total. The summed E-state index contributed by atoms with van der Waals surface area (Å²) in [5, 5.41) is 14.2. The normalized spacial score (nSPS) is 10.6. The molecule has 0 spiro atoms. The van der Waals surface area contributed by atoms with Crippen molar-refractivity contribution < 1.29 is 23.8 Å². The molecular weight excluding hydrogens is 358 g/mol. The molecular formula is C15H19N7O5. The van der Waals surface area contributed by atoms with Crippen molar-refractivity contribution in [2.75, 3.05) is 26.1 Å². The molecule has 0 saturated heterocycles. The van der Waals surface area contributed by atoms with Gasteiger partial charge in [-0.15, -0.1) is 0 Å². The highest BCUT2D eigenvalue weighted by atomic mass is 16.6. The minimum atomic E-state index is -0.476. The molecule has 2 aromatic rings. The van der Waals surface area contributed by atoms with Gasteiger partial charge in [0.25, 0.3) is 5.91 Å². The minimum absolute atomic E-state index is 0.0253. The summed E-state index contributed by atoms with van der Waals surface area (Å²) in [5.41, 5.74) is 8.43. The van der Waals surface area contributed by atoms with E-state index in [-0.39, 0.29) is 25.7 Å².